The third kappa shape index (κ3) is 4.72. The Morgan fingerprint density at radius 1 is 1.23 bits per heavy atom. The molecule has 1 aromatic rings. The summed E-state index contributed by atoms with van der Waals surface area (Å²) >= 11 is 5.71. The number of nitrogens with zero attached hydrogens (tertiary/aromatic N) is 2. The lowest BCUT2D eigenvalue weighted by molar-refractivity contribution is -0.385. The highest BCUT2D eigenvalue weighted by Gasteiger charge is 2.42. The fraction of sp³-hybridized carbons (Fsp3) is 0.708. The van der Waals surface area contributed by atoms with Crippen LogP contribution < -0.4 is 10.1 Å². The van der Waals surface area contributed by atoms with Gasteiger partial charge in [0.15, 0.2) is 0 Å². The minimum absolute atomic E-state index is 0.130. The van der Waals surface area contributed by atoms with Gasteiger partial charge in [-0.15, -0.1) is 0 Å². The third-order valence-corrected chi connectivity index (χ3v) is 7.94. The number of nitro groups is 1. The summed E-state index contributed by atoms with van der Waals surface area (Å²) in [6.45, 7) is 4.14. The van der Waals surface area contributed by atoms with Crippen molar-refractivity contribution in [3.8, 4) is 5.75 Å². The molecule has 3 fully saturated rings. The van der Waals surface area contributed by atoms with Crippen molar-refractivity contribution in [2.45, 2.75) is 76.8 Å². The predicted molar refractivity (Wildman–Crippen MR) is 127 cm³/mol. The molecule has 0 amide bonds. The first-order valence-electron chi connectivity index (χ1n) is 11.9. The van der Waals surface area contributed by atoms with Gasteiger partial charge in [0, 0.05) is 36.8 Å². The van der Waals surface area contributed by atoms with Crippen LogP contribution in [0.2, 0.25) is 0 Å². The zero-order valence-corrected chi connectivity index (χ0v) is 19.6. The molecule has 0 unspecified atom stereocenters. The van der Waals surface area contributed by atoms with E-state index in [0.29, 0.717) is 28.3 Å². The van der Waals surface area contributed by atoms with Gasteiger partial charge in [-0.25, -0.2) is 0 Å². The van der Waals surface area contributed by atoms with E-state index in [1.165, 1.54) is 38.5 Å². The van der Waals surface area contributed by atoms with Crippen LogP contribution in [0.4, 0.5) is 5.69 Å². The van der Waals surface area contributed by atoms with E-state index in [4.69, 9.17) is 17.0 Å². The van der Waals surface area contributed by atoms with Crippen molar-refractivity contribution in [1.29, 1.82) is 0 Å². The fourth-order valence-electron chi connectivity index (χ4n) is 6.27. The molecule has 1 aromatic carbocycles. The number of aryl methyl sites for hydroxylation is 1. The number of likely N-dealkylation sites (tertiary alicyclic amines) is 1. The molecule has 1 heterocycles. The summed E-state index contributed by atoms with van der Waals surface area (Å²) in [5, 5.41) is 15.1. The van der Waals surface area contributed by atoms with Gasteiger partial charge in [-0.1, -0.05) is 38.4 Å². The molecule has 1 aliphatic heterocycles. The number of nitro benzene ring substituents is 1. The van der Waals surface area contributed by atoms with E-state index in [-0.39, 0.29) is 16.7 Å². The monoisotopic (exact) mass is 445 g/mol. The van der Waals surface area contributed by atoms with E-state index >= 15 is 0 Å². The van der Waals surface area contributed by atoms with E-state index in [0.717, 1.165) is 43.8 Å². The van der Waals surface area contributed by atoms with Gasteiger partial charge in [-0.2, -0.15) is 0 Å². The molecular weight excluding hydrogens is 410 g/mol. The molecule has 2 bridgehead atoms. The Labute approximate surface area is 190 Å². The SMILES string of the molecule is CCCc1cc(OC)c(C(=S)N[C@H]2CCN(C3C4CCCC3CCC4)C2)cc1[N+](=O)[O-]. The number of rotatable bonds is 7. The molecule has 1 saturated heterocycles. The van der Waals surface area contributed by atoms with Gasteiger partial charge in [-0.3, -0.25) is 15.0 Å². The van der Waals surface area contributed by atoms with Gasteiger partial charge in [0.25, 0.3) is 5.69 Å². The minimum Gasteiger partial charge on any atom is -0.496 e. The van der Waals surface area contributed by atoms with Crippen molar-refractivity contribution in [2.24, 2.45) is 11.8 Å². The van der Waals surface area contributed by atoms with E-state index < -0.39 is 0 Å². The van der Waals surface area contributed by atoms with Crippen LogP contribution in [-0.2, 0) is 6.42 Å². The number of hydrogen-bond acceptors (Lipinski definition) is 5. The highest BCUT2D eigenvalue weighted by atomic mass is 32.1. The van der Waals surface area contributed by atoms with Crippen LogP contribution in [0.15, 0.2) is 12.1 Å². The van der Waals surface area contributed by atoms with Gasteiger partial charge < -0.3 is 10.1 Å². The first kappa shape index (κ1) is 22.5. The number of nitrogens with one attached hydrogen (secondary N) is 1. The molecule has 1 N–H and O–H groups in total. The summed E-state index contributed by atoms with van der Waals surface area (Å²) in [5.74, 6) is 2.35. The predicted octanol–water partition coefficient (Wildman–Crippen LogP) is 4.86. The summed E-state index contributed by atoms with van der Waals surface area (Å²) in [4.78, 5) is 14.6. The van der Waals surface area contributed by atoms with Gasteiger partial charge in [-0.05, 0) is 56.4 Å². The smallest absolute Gasteiger partial charge is 0.273 e. The number of benzene rings is 1. The molecular formula is C24H35N3O3S. The first-order chi connectivity index (χ1) is 15.0. The lowest BCUT2D eigenvalue weighted by atomic mass is 9.68. The maximum atomic E-state index is 11.6. The molecule has 1 atom stereocenters. The van der Waals surface area contributed by atoms with Gasteiger partial charge in [0.2, 0.25) is 0 Å². The maximum absolute atomic E-state index is 11.6. The molecule has 4 rings (SSSR count). The van der Waals surface area contributed by atoms with Crippen LogP contribution in [0.3, 0.4) is 0 Å². The molecule has 31 heavy (non-hydrogen) atoms. The Hall–Kier alpha value is -1.73. The standard InChI is InChI=1S/C24H35N3O3S/c1-3-6-18-13-22(30-2)20(14-21(18)27(28)29)24(31)25-19-11-12-26(15-19)23-16-7-4-8-17(23)10-5-9-16/h13-14,16-17,19,23H,3-12,15H2,1-2H3,(H,25,31)/t16?,17?,19-,23?/m0/s1. The van der Waals surface area contributed by atoms with E-state index in [9.17, 15) is 10.1 Å². The van der Waals surface area contributed by atoms with Crippen molar-refractivity contribution in [3.05, 3.63) is 33.4 Å². The molecule has 7 heteroatoms. The second-order valence-electron chi connectivity index (χ2n) is 9.51. The van der Waals surface area contributed by atoms with Crippen molar-refractivity contribution in [2.75, 3.05) is 20.2 Å². The Morgan fingerprint density at radius 2 is 1.90 bits per heavy atom. The summed E-state index contributed by atoms with van der Waals surface area (Å²) < 4.78 is 5.56. The van der Waals surface area contributed by atoms with Crippen LogP contribution >= 0.6 is 12.2 Å². The van der Waals surface area contributed by atoms with Gasteiger partial charge in [0.1, 0.15) is 10.7 Å². The number of ether oxygens (including phenoxy) is 1. The lowest BCUT2D eigenvalue weighted by Crippen LogP contribution is -2.50. The Kier molecular flexibility index (Phi) is 7.12. The van der Waals surface area contributed by atoms with E-state index in [2.05, 4.69) is 10.2 Å². The highest BCUT2D eigenvalue weighted by Crippen LogP contribution is 2.43. The normalized spacial score (nSPS) is 28.3. The topological polar surface area (TPSA) is 67.6 Å². The Balaban J connectivity index is 1.46. The summed E-state index contributed by atoms with van der Waals surface area (Å²) in [5.41, 5.74) is 1.45. The lowest BCUT2D eigenvalue weighted by Gasteiger charge is -2.47. The fourth-order valence-corrected chi connectivity index (χ4v) is 6.60. The molecule has 0 radical (unpaired) electrons. The van der Waals surface area contributed by atoms with Crippen molar-refractivity contribution in [3.63, 3.8) is 0 Å². The van der Waals surface area contributed by atoms with Crippen molar-refractivity contribution in [1.82, 2.24) is 10.2 Å². The Bertz CT molecular complexity index is 809. The van der Waals surface area contributed by atoms with Crippen LogP contribution in [0.1, 0.15) is 69.4 Å². The quantitative estimate of drug-likeness (QED) is 0.367. The molecule has 3 aliphatic rings. The molecule has 6 nitrogen and oxygen atoms in total. The van der Waals surface area contributed by atoms with Crippen molar-refractivity contribution >= 4 is 22.9 Å². The number of methoxy groups -OCH3 is 1. The van der Waals surface area contributed by atoms with E-state index in [1.807, 2.05) is 6.92 Å². The van der Waals surface area contributed by atoms with Gasteiger partial charge >= 0.3 is 0 Å². The summed E-state index contributed by atoms with van der Waals surface area (Å²) in [6, 6.07) is 4.41. The van der Waals surface area contributed by atoms with Crippen LogP contribution in [0.25, 0.3) is 0 Å². The molecule has 2 aliphatic carbocycles. The van der Waals surface area contributed by atoms with Crippen LogP contribution in [0, 0.1) is 22.0 Å². The average molecular weight is 446 g/mol. The third-order valence-electron chi connectivity index (χ3n) is 7.60. The second-order valence-corrected chi connectivity index (χ2v) is 9.92. The highest BCUT2D eigenvalue weighted by molar-refractivity contribution is 7.80. The number of hydrogen-bond donors (Lipinski definition) is 1. The number of thiocarbonyl (C=S) groups is 1. The molecule has 170 valence electrons. The molecule has 2 saturated carbocycles. The zero-order chi connectivity index (χ0) is 22.0. The molecule has 0 spiro atoms. The maximum Gasteiger partial charge on any atom is 0.273 e. The van der Waals surface area contributed by atoms with Crippen molar-refractivity contribution < 1.29 is 9.66 Å². The first-order valence-corrected chi connectivity index (χ1v) is 12.3. The van der Waals surface area contributed by atoms with Gasteiger partial charge in [0.05, 0.1) is 17.6 Å². The number of fused-ring (bicyclic) bond motifs is 2. The summed E-state index contributed by atoms with van der Waals surface area (Å²) in [7, 11) is 1.60. The Morgan fingerprint density at radius 3 is 2.48 bits per heavy atom. The summed E-state index contributed by atoms with van der Waals surface area (Å²) in [6.07, 6.45) is 10.9. The van der Waals surface area contributed by atoms with Crippen LogP contribution in [-0.4, -0.2) is 47.1 Å². The minimum atomic E-state index is -0.310. The largest absolute Gasteiger partial charge is 0.496 e. The average Bonchev–Trinajstić information content (AvgIpc) is 3.20. The van der Waals surface area contributed by atoms with E-state index in [1.54, 1.807) is 19.2 Å². The zero-order valence-electron chi connectivity index (χ0n) is 18.8. The molecule has 0 aromatic heterocycles. The van der Waals surface area contributed by atoms with Crippen LogP contribution in [0.5, 0.6) is 5.75 Å². The second kappa shape index (κ2) is 9.82.